The van der Waals surface area contributed by atoms with Crippen molar-refractivity contribution in [2.24, 2.45) is 5.16 Å². The van der Waals surface area contributed by atoms with E-state index >= 15 is 0 Å². The maximum absolute atomic E-state index is 11.4. The van der Waals surface area contributed by atoms with Gasteiger partial charge >= 0.3 is 5.97 Å². The molecule has 0 spiro atoms. The minimum atomic E-state index is -0.801. The van der Waals surface area contributed by atoms with E-state index in [2.05, 4.69) is 9.89 Å². The summed E-state index contributed by atoms with van der Waals surface area (Å²) >= 11 is 5.75. The van der Waals surface area contributed by atoms with E-state index in [4.69, 9.17) is 21.5 Å². The first kappa shape index (κ1) is 13.5. The molecule has 0 saturated carbocycles. The molecular formula is C11H12ClNO4. The van der Waals surface area contributed by atoms with Crippen LogP contribution in [0.25, 0.3) is 0 Å². The monoisotopic (exact) mass is 257 g/mol. The van der Waals surface area contributed by atoms with Crippen molar-refractivity contribution >= 4 is 23.3 Å². The fourth-order valence-electron chi connectivity index (χ4n) is 1.35. The van der Waals surface area contributed by atoms with Gasteiger partial charge in [-0.15, -0.1) is 0 Å². The van der Waals surface area contributed by atoms with Crippen LogP contribution in [-0.2, 0) is 14.3 Å². The smallest absolute Gasteiger partial charge is 0.358 e. The molecule has 0 aliphatic carbocycles. The van der Waals surface area contributed by atoms with Crippen molar-refractivity contribution in [3.8, 4) is 0 Å². The van der Waals surface area contributed by atoms with Crippen LogP contribution in [0.2, 0.25) is 5.02 Å². The van der Waals surface area contributed by atoms with Gasteiger partial charge in [-0.2, -0.15) is 0 Å². The lowest BCUT2D eigenvalue weighted by Gasteiger charge is -2.15. The molecule has 1 atom stereocenters. The Morgan fingerprint density at radius 3 is 2.35 bits per heavy atom. The van der Waals surface area contributed by atoms with Crippen LogP contribution in [0.5, 0.6) is 0 Å². The predicted octanol–water partition coefficient (Wildman–Crippen LogP) is 2.03. The molecule has 0 heterocycles. The molecule has 1 aromatic rings. The number of ether oxygens (including phenoxy) is 2. The van der Waals surface area contributed by atoms with Gasteiger partial charge in [0.05, 0.1) is 7.11 Å². The van der Waals surface area contributed by atoms with Gasteiger partial charge in [0.1, 0.15) is 6.10 Å². The molecule has 1 unspecified atom stereocenters. The van der Waals surface area contributed by atoms with Crippen LogP contribution >= 0.6 is 11.6 Å². The number of carbonyl (C=O) groups excluding carboxylic acids is 1. The molecule has 0 bridgehead atoms. The Bertz CT molecular complexity index is 416. The lowest BCUT2D eigenvalue weighted by molar-refractivity contribution is -0.133. The summed E-state index contributed by atoms with van der Waals surface area (Å²) in [6, 6.07) is 6.64. The van der Waals surface area contributed by atoms with Crippen molar-refractivity contribution in [2.75, 3.05) is 14.2 Å². The highest BCUT2D eigenvalue weighted by atomic mass is 35.5. The second-order valence-electron chi connectivity index (χ2n) is 3.14. The molecule has 17 heavy (non-hydrogen) atoms. The number of oxime groups is 1. The summed E-state index contributed by atoms with van der Waals surface area (Å²) in [6.45, 7) is 0. The Labute approximate surface area is 104 Å². The van der Waals surface area contributed by atoms with Gasteiger partial charge in [-0.05, 0) is 17.7 Å². The second kappa shape index (κ2) is 6.22. The summed E-state index contributed by atoms with van der Waals surface area (Å²) in [5.41, 5.74) is 0.410. The summed E-state index contributed by atoms with van der Waals surface area (Å²) in [6.07, 6.45) is -0.801. The van der Waals surface area contributed by atoms with Crippen LogP contribution in [0.15, 0.2) is 29.4 Å². The zero-order valence-electron chi connectivity index (χ0n) is 9.38. The van der Waals surface area contributed by atoms with Gasteiger partial charge < -0.3 is 14.7 Å². The Kier molecular flexibility index (Phi) is 4.93. The molecule has 0 aliphatic heterocycles. The molecule has 0 aliphatic rings. The van der Waals surface area contributed by atoms with E-state index in [1.807, 2.05) is 0 Å². The van der Waals surface area contributed by atoms with Gasteiger partial charge in [-0.1, -0.05) is 28.9 Å². The zero-order chi connectivity index (χ0) is 12.8. The van der Waals surface area contributed by atoms with Gasteiger partial charge in [0, 0.05) is 12.1 Å². The van der Waals surface area contributed by atoms with E-state index < -0.39 is 12.1 Å². The van der Waals surface area contributed by atoms with E-state index in [1.54, 1.807) is 24.3 Å². The van der Waals surface area contributed by atoms with Gasteiger partial charge in [-0.3, -0.25) is 0 Å². The van der Waals surface area contributed by atoms with Gasteiger partial charge in [0.2, 0.25) is 0 Å². The van der Waals surface area contributed by atoms with E-state index in [1.165, 1.54) is 14.2 Å². The number of hydrogen-bond acceptors (Lipinski definition) is 5. The number of nitrogens with zero attached hydrogens (tertiary/aromatic N) is 1. The minimum absolute atomic E-state index is 0.225. The highest BCUT2D eigenvalue weighted by Crippen LogP contribution is 2.21. The summed E-state index contributed by atoms with van der Waals surface area (Å²) in [4.78, 5) is 11.4. The van der Waals surface area contributed by atoms with Gasteiger partial charge in [0.25, 0.3) is 0 Å². The number of halogens is 1. The Morgan fingerprint density at radius 1 is 1.35 bits per heavy atom. The van der Waals surface area contributed by atoms with Crippen LogP contribution in [0.3, 0.4) is 0 Å². The minimum Gasteiger partial charge on any atom is -0.464 e. The lowest BCUT2D eigenvalue weighted by atomic mass is 10.1. The highest BCUT2D eigenvalue weighted by molar-refractivity contribution is 6.38. The predicted molar refractivity (Wildman–Crippen MR) is 62.4 cm³/mol. The Hall–Kier alpha value is -1.59. The van der Waals surface area contributed by atoms with E-state index in [0.29, 0.717) is 10.6 Å². The van der Waals surface area contributed by atoms with Crippen LogP contribution in [0.1, 0.15) is 11.7 Å². The van der Waals surface area contributed by atoms with Crippen LogP contribution in [0, 0.1) is 0 Å². The van der Waals surface area contributed by atoms with Gasteiger partial charge in [-0.25, -0.2) is 4.79 Å². The Morgan fingerprint density at radius 2 is 1.94 bits per heavy atom. The molecule has 0 amide bonds. The standard InChI is InChI=1S/C11H12ClNO4/c1-16-10(9(13-15)11(14)17-2)7-3-5-8(12)6-4-7/h3-6,10,15H,1-2H3/b13-9-. The SMILES string of the molecule is COC(=O)/C(=N\O)C(OC)c1ccc(Cl)cc1. The number of methoxy groups -OCH3 is 2. The summed E-state index contributed by atoms with van der Waals surface area (Å²) in [7, 11) is 2.59. The molecular weight excluding hydrogens is 246 g/mol. The fourth-order valence-corrected chi connectivity index (χ4v) is 1.47. The highest BCUT2D eigenvalue weighted by Gasteiger charge is 2.26. The van der Waals surface area contributed by atoms with Crippen LogP contribution in [-0.4, -0.2) is 31.1 Å². The molecule has 0 radical (unpaired) electrons. The quantitative estimate of drug-likeness (QED) is 0.388. The molecule has 0 fully saturated rings. The van der Waals surface area contributed by atoms with E-state index in [0.717, 1.165) is 0 Å². The number of carbonyl (C=O) groups is 1. The zero-order valence-corrected chi connectivity index (χ0v) is 10.1. The average Bonchev–Trinajstić information content (AvgIpc) is 2.36. The third-order valence-electron chi connectivity index (χ3n) is 2.16. The molecule has 1 aromatic carbocycles. The normalized spacial score (nSPS) is 13.2. The largest absolute Gasteiger partial charge is 0.464 e. The molecule has 0 aromatic heterocycles. The maximum atomic E-state index is 11.4. The first-order chi connectivity index (χ1) is 8.13. The number of esters is 1. The molecule has 92 valence electrons. The topological polar surface area (TPSA) is 68.1 Å². The van der Waals surface area contributed by atoms with Crippen molar-refractivity contribution in [3.63, 3.8) is 0 Å². The summed E-state index contributed by atoms with van der Waals surface area (Å²) in [5.74, 6) is -0.755. The first-order valence-electron chi connectivity index (χ1n) is 4.72. The van der Waals surface area contributed by atoms with Crippen molar-refractivity contribution in [2.45, 2.75) is 6.10 Å². The van der Waals surface area contributed by atoms with Crippen molar-refractivity contribution < 1.29 is 19.5 Å². The molecule has 6 heteroatoms. The first-order valence-corrected chi connectivity index (χ1v) is 5.10. The van der Waals surface area contributed by atoms with Crippen molar-refractivity contribution in [3.05, 3.63) is 34.9 Å². The third kappa shape index (κ3) is 3.18. The molecule has 0 saturated heterocycles. The van der Waals surface area contributed by atoms with E-state index in [9.17, 15) is 4.79 Å². The maximum Gasteiger partial charge on any atom is 0.358 e. The molecule has 5 nitrogen and oxygen atoms in total. The van der Waals surface area contributed by atoms with Crippen LogP contribution < -0.4 is 0 Å². The number of benzene rings is 1. The van der Waals surface area contributed by atoms with Crippen molar-refractivity contribution in [1.82, 2.24) is 0 Å². The average molecular weight is 258 g/mol. The van der Waals surface area contributed by atoms with E-state index in [-0.39, 0.29) is 5.71 Å². The fraction of sp³-hybridized carbons (Fsp3) is 0.273. The van der Waals surface area contributed by atoms with Crippen molar-refractivity contribution in [1.29, 1.82) is 0 Å². The molecule has 1 N–H and O–H groups in total. The second-order valence-corrected chi connectivity index (χ2v) is 3.58. The van der Waals surface area contributed by atoms with Crippen LogP contribution in [0.4, 0.5) is 0 Å². The Balaban J connectivity index is 3.06. The summed E-state index contributed by atoms with van der Waals surface area (Å²) < 4.78 is 9.61. The summed E-state index contributed by atoms with van der Waals surface area (Å²) in [5, 5.41) is 12.3. The number of rotatable bonds is 4. The molecule has 1 rings (SSSR count). The lowest BCUT2D eigenvalue weighted by Crippen LogP contribution is -2.25. The number of hydrogen-bond donors (Lipinski definition) is 1. The third-order valence-corrected chi connectivity index (χ3v) is 2.41. The van der Waals surface area contributed by atoms with Gasteiger partial charge in [0.15, 0.2) is 5.71 Å².